The summed E-state index contributed by atoms with van der Waals surface area (Å²) in [6, 6.07) is 5.31. The van der Waals surface area contributed by atoms with Gasteiger partial charge in [0.25, 0.3) is 5.91 Å². The number of likely N-dealkylation sites (N-methyl/N-ethyl adjacent to an activating group) is 3. The minimum atomic E-state index is -1.08. The molecule has 0 aliphatic carbocycles. The Balaban J connectivity index is 2.28. The number of amides is 2. The van der Waals surface area contributed by atoms with Crippen LogP contribution in [0.1, 0.15) is 11.7 Å². The van der Waals surface area contributed by atoms with Crippen LogP contribution in [0.5, 0.6) is 0 Å². The minimum Gasteiger partial charge on any atom is -0.378 e. The SMILES string of the molecule is CNC(=O)CN(C)c1ccc2c(c1)N(C)C(=O)C2O. The molecule has 19 heavy (non-hydrogen) atoms. The van der Waals surface area contributed by atoms with Gasteiger partial charge in [-0.2, -0.15) is 0 Å². The summed E-state index contributed by atoms with van der Waals surface area (Å²) in [7, 11) is 5.01. The normalized spacial score (nSPS) is 17.4. The van der Waals surface area contributed by atoms with Gasteiger partial charge in [-0.1, -0.05) is 6.07 Å². The number of aliphatic hydroxyl groups is 1. The second kappa shape index (κ2) is 4.89. The summed E-state index contributed by atoms with van der Waals surface area (Å²) in [6.45, 7) is 0.232. The van der Waals surface area contributed by atoms with Gasteiger partial charge in [-0.05, 0) is 12.1 Å². The molecule has 2 N–H and O–H groups in total. The van der Waals surface area contributed by atoms with E-state index < -0.39 is 6.10 Å². The molecule has 1 heterocycles. The van der Waals surface area contributed by atoms with Crippen molar-refractivity contribution >= 4 is 23.2 Å². The van der Waals surface area contributed by atoms with E-state index in [1.165, 1.54) is 4.90 Å². The molecule has 102 valence electrons. The van der Waals surface area contributed by atoms with Crippen LogP contribution in [-0.4, -0.2) is 44.6 Å². The van der Waals surface area contributed by atoms with Crippen molar-refractivity contribution in [3.05, 3.63) is 23.8 Å². The summed E-state index contributed by atoms with van der Waals surface area (Å²) in [5, 5.41) is 12.3. The van der Waals surface area contributed by atoms with Gasteiger partial charge < -0.3 is 20.2 Å². The summed E-state index contributed by atoms with van der Waals surface area (Å²) in [5.41, 5.74) is 2.10. The molecule has 0 bridgehead atoms. The van der Waals surface area contributed by atoms with Crippen LogP contribution in [0.25, 0.3) is 0 Å². The Morgan fingerprint density at radius 3 is 2.84 bits per heavy atom. The number of aliphatic hydroxyl groups excluding tert-OH is 1. The Kier molecular flexibility index (Phi) is 3.44. The van der Waals surface area contributed by atoms with Gasteiger partial charge in [-0.25, -0.2) is 0 Å². The van der Waals surface area contributed by atoms with E-state index in [0.29, 0.717) is 11.3 Å². The van der Waals surface area contributed by atoms with Gasteiger partial charge in [0.15, 0.2) is 6.10 Å². The zero-order chi connectivity index (χ0) is 14.2. The number of fused-ring (bicyclic) bond motifs is 1. The van der Waals surface area contributed by atoms with Gasteiger partial charge in [0.05, 0.1) is 12.2 Å². The van der Waals surface area contributed by atoms with Crippen molar-refractivity contribution in [2.24, 2.45) is 0 Å². The lowest BCUT2D eigenvalue weighted by atomic mass is 10.1. The summed E-state index contributed by atoms with van der Waals surface area (Å²) >= 11 is 0. The molecule has 1 aliphatic heterocycles. The zero-order valence-electron chi connectivity index (χ0n) is 11.2. The fourth-order valence-corrected chi connectivity index (χ4v) is 2.11. The Bertz CT molecular complexity index is 530. The first-order chi connectivity index (χ1) is 8.95. The van der Waals surface area contributed by atoms with E-state index in [2.05, 4.69) is 5.32 Å². The third kappa shape index (κ3) is 2.26. The Morgan fingerprint density at radius 2 is 2.21 bits per heavy atom. The molecule has 0 saturated heterocycles. The molecule has 1 aromatic carbocycles. The Hall–Kier alpha value is -2.08. The fourth-order valence-electron chi connectivity index (χ4n) is 2.11. The number of carbonyl (C=O) groups is 2. The van der Waals surface area contributed by atoms with Crippen LogP contribution in [0, 0.1) is 0 Å². The molecule has 1 atom stereocenters. The van der Waals surface area contributed by atoms with Crippen LogP contribution in [0.3, 0.4) is 0 Å². The lowest BCUT2D eigenvalue weighted by Crippen LogP contribution is -2.33. The molecule has 0 fully saturated rings. The molecule has 0 aromatic heterocycles. The van der Waals surface area contributed by atoms with Crippen LogP contribution >= 0.6 is 0 Å². The topological polar surface area (TPSA) is 72.9 Å². The molecular formula is C13H17N3O3. The third-order valence-corrected chi connectivity index (χ3v) is 3.33. The van der Waals surface area contributed by atoms with Crippen molar-refractivity contribution in [1.29, 1.82) is 0 Å². The Morgan fingerprint density at radius 1 is 1.53 bits per heavy atom. The Labute approximate surface area is 111 Å². The van der Waals surface area contributed by atoms with Gasteiger partial charge in [-0.15, -0.1) is 0 Å². The van der Waals surface area contributed by atoms with Crippen molar-refractivity contribution in [2.75, 3.05) is 37.5 Å². The molecule has 2 rings (SSSR count). The van der Waals surface area contributed by atoms with Crippen LogP contribution in [0.4, 0.5) is 11.4 Å². The predicted octanol–water partition coefficient (Wildman–Crippen LogP) is -0.121. The monoisotopic (exact) mass is 263 g/mol. The second-order valence-electron chi connectivity index (χ2n) is 4.57. The lowest BCUT2D eigenvalue weighted by molar-refractivity contribution is -0.125. The average molecular weight is 263 g/mol. The van der Waals surface area contributed by atoms with E-state index in [9.17, 15) is 14.7 Å². The summed E-state index contributed by atoms with van der Waals surface area (Å²) in [4.78, 5) is 26.2. The number of anilines is 2. The highest BCUT2D eigenvalue weighted by molar-refractivity contribution is 6.04. The highest BCUT2D eigenvalue weighted by atomic mass is 16.3. The lowest BCUT2D eigenvalue weighted by Gasteiger charge is -2.20. The third-order valence-electron chi connectivity index (χ3n) is 3.33. The standard InChI is InChI=1S/C13H17N3O3/c1-14-11(17)7-15(2)8-4-5-9-10(6-8)16(3)13(19)12(9)18/h4-6,12,18H,7H2,1-3H3,(H,14,17). The van der Waals surface area contributed by atoms with Gasteiger partial charge >= 0.3 is 0 Å². The first-order valence-corrected chi connectivity index (χ1v) is 5.97. The number of benzene rings is 1. The molecule has 6 heteroatoms. The number of nitrogens with one attached hydrogen (secondary N) is 1. The maximum atomic E-state index is 11.7. The van der Waals surface area contributed by atoms with Gasteiger partial charge in [0.1, 0.15) is 0 Å². The number of nitrogens with zero attached hydrogens (tertiary/aromatic N) is 2. The first kappa shape index (κ1) is 13.4. The summed E-state index contributed by atoms with van der Waals surface area (Å²) in [5.74, 6) is -0.423. The van der Waals surface area contributed by atoms with Crippen molar-refractivity contribution < 1.29 is 14.7 Å². The van der Waals surface area contributed by atoms with E-state index in [-0.39, 0.29) is 18.4 Å². The van der Waals surface area contributed by atoms with Crippen LogP contribution in [0.15, 0.2) is 18.2 Å². The number of hydrogen-bond acceptors (Lipinski definition) is 4. The van der Waals surface area contributed by atoms with Crippen molar-refractivity contribution in [1.82, 2.24) is 5.32 Å². The molecular weight excluding hydrogens is 246 g/mol. The zero-order valence-corrected chi connectivity index (χ0v) is 11.2. The van der Waals surface area contributed by atoms with Crippen molar-refractivity contribution in [3.8, 4) is 0 Å². The molecule has 1 aromatic rings. The first-order valence-electron chi connectivity index (χ1n) is 5.97. The predicted molar refractivity (Wildman–Crippen MR) is 72.1 cm³/mol. The van der Waals surface area contributed by atoms with E-state index in [1.807, 2.05) is 0 Å². The maximum absolute atomic E-state index is 11.7. The van der Waals surface area contributed by atoms with Crippen LogP contribution < -0.4 is 15.1 Å². The van der Waals surface area contributed by atoms with E-state index in [1.54, 1.807) is 44.2 Å². The largest absolute Gasteiger partial charge is 0.378 e. The number of rotatable bonds is 3. The van der Waals surface area contributed by atoms with Crippen LogP contribution in [-0.2, 0) is 9.59 Å². The fraction of sp³-hybridized carbons (Fsp3) is 0.385. The van der Waals surface area contributed by atoms with Crippen LogP contribution in [0.2, 0.25) is 0 Å². The highest BCUT2D eigenvalue weighted by Gasteiger charge is 2.33. The second-order valence-corrected chi connectivity index (χ2v) is 4.57. The van der Waals surface area contributed by atoms with Gasteiger partial charge in [0.2, 0.25) is 5.91 Å². The average Bonchev–Trinajstić information content (AvgIpc) is 2.63. The molecule has 1 aliphatic rings. The van der Waals surface area contributed by atoms with E-state index in [0.717, 1.165) is 5.69 Å². The quantitative estimate of drug-likeness (QED) is 0.797. The van der Waals surface area contributed by atoms with Crippen molar-refractivity contribution in [2.45, 2.75) is 6.10 Å². The van der Waals surface area contributed by atoms with Gasteiger partial charge in [-0.3, -0.25) is 9.59 Å². The minimum absolute atomic E-state index is 0.0903. The van der Waals surface area contributed by atoms with Crippen molar-refractivity contribution in [3.63, 3.8) is 0 Å². The van der Waals surface area contributed by atoms with E-state index >= 15 is 0 Å². The summed E-state index contributed by atoms with van der Waals surface area (Å²) < 4.78 is 0. The maximum Gasteiger partial charge on any atom is 0.260 e. The molecule has 0 radical (unpaired) electrons. The number of carbonyl (C=O) groups excluding carboxylic acids is 2. The van der Waals surface area contributed by atoms with E-state index in [4.69, 9.17) is 0 Å². The number of hydrogen-bond donors (Lipinski definition) is 2. The molecule has 0 spiro atoms. The molecule has 6 nitrogen and oxygen atoms in total. The molecule has 2 amide bonds. The molecule has 0 saturated carbocycles. The van der Waals surface area contributed by atoms with Gasteiger partial charge in [0, 0.05) is 32.4 Å². The molecule has 1 unspecified atom stereocenters. The summed E-state index contributed by atoms with van der Waals surface area (Å²) in [6.07, 6.45) is -1.08. The highest BCUT2D eigenvalue weighted by Crippen LogP contribution is 2.37. The smallest absolute Gasteiger partial charge is 0.260 e.